The van der Waals surface area contributed by atoms with Crippen LogP contribution in [0.5, 0.6) is 5.75 Å². The fourth-order valence-corrected chi connectivity index (χ4v) is 5.87. The highest BCUT2D eigenvalue weighted by Crippen LogP contribution is 2.36. The van der Waals surface area contributed by atoms with Crippen molar-refractivity contribution in [3.8, 4) is 11.4 Å². The summed E-state index contributed by atoms with van der Waals surface area (Å²) >= 11 is 4.84. The van der Waals surface area contributed by atoms with Gasteiger partial charge in [-0.15, -0.1) is 11.3 Å². The van der Waals surface area contributed by atoms with E-state index in [2.05, 4.69) is 32.9 Å². The Balaban J connectivity index is 1.36. The fraction of sp³-hybridized carbons (Fsp3) is 0.400. The molecular formula is C20H20BrN3O2S. The summed E-state index contributed by atoms with van der Waals surface area (Å²) in [7, 11) is 2.24. The number of fused-ring (bicyclic) bond motifs is 3. The number of piperidine rings is 1. The molecule has 2 bridgehead atoms. The Morgan fingerprint density at radius 1 is 1.19 bits per heavy atom. The molecule has 2 unspecified atom stereocenters. The van der Waals surface area contributed by atoms with Gasteiger partial charge in [0.05, 0.1) is 15.0 Å². The van der Waals surface area contributed by atoms with E-state index in [1.165, 1.54) is 24.2 Å². The third kappa shape index (κ3) is 3.11. The standard InChI is InChI=1S/C20H20BrN3O2S/c1-23-13-2-3-14(23)9-16(8-13)26-15-6-4-12(5-7-15)24-11-22-17-10-18(21)27-19(17)20(24)25/h4-7,10-11,13-14,16H,2-3,8-9H2,1H3. The lowest BCUT2D eigenvalue weighted by Gasteiger charge is -2.36. The van der Waals surface area contributed by atoms with Gasteiger partial charge in [0.15, 0.2) is 0 Å². The smallest absolute Gasteiger partial charge is 0.275 e. The molecular weight excluding hydrogens is 426 g/mol. The lowest BCUT2D eigenvalue weighted by Crippen LogP contribution is -2.43. The largest absolute Gasteiger partial charge is 0.490 e. The van der Waals surface area contributed by atoms with Gasteiger partial charge in [-0.1, -0.05) is 0 Å². The maximum atomic E-state index is 12.7. The van der Waals surface area contributed by atoms with E-state index in [0.717, 1.165) is 33.6 Å². The molecule has 3 aromatic rings. The number of aromatic nitrogens is 2. The maximum Gasteiger partial charge on any atom is 0.275 e. The highest BCUT2D eigenvalue weighted by Gasteiger charge is 2.39. The van der Waals surface area contributed by atoms with E-state index in [0.29, 0.717) is 16.8 Å². The Hall–Kier alpha value is -1.70. The zero-order chi connectivity index (χ0) is 18.5. The van der Waals surface area contributed by atoms with Crippen molar-refractivity contribution in [1.29, 1.82) is 0 Å². The molecule has 2 aromatic heterocycles. The molecule has 27 heavy (non-hydrogen) atoms. The number of ether oxygens (including phenoxy) is 1. The molecule has 1 aromatic carbocycles. The van der Waals surface area contributed by atoms with Crippen molar-refractivity contribution in [2.45, 2.75) is 43.9 Å². The Kier molecular flexibility index (Phi) is 4.33. The van der Waals surface area contributed by atoms with Gasteiger partial charge in [0, 0.05) is 12.1 Å². The molecule has 0 saturated carbocycles. The molecule has 4 heterocycles. The molecule has 140 valence electrons. The molecule has 2 saturated heterocycles. The summed E-state index contributed by atoms with van der Waals surface area (Å²) in [6, 6.07) is 11.0. The number of hydrogen-bond acceptors (Lipinski definition) is 5. The first-order valence-electron chi connectivity index (χ1n) is 9.24. The van der Waals surface area contributed by atoms with E-state index in [1.54, 1.807) is 10.9 Å². The van der Waals surface area contributed by atoms with Gasteiger partial charge >= 0.3 is 0 Å². The molecule has 2 atom stereocenters. The van der Waals surface area contributed by atoms with Crippen LogP contribution in [0.15, 0.2) is 45.2 Å². The molecule has 5 nitrogen and oxygen atoms in total. The quantitative estimate of drug-likeness (QED) is 0.605. The summed E-state index contributed by atoms with van der Waals surface area (Å²) in [5.41, 5.74) is 1.48. The van der Waals surface area contributed by atoms with Crippen LogP contribution >= 0.6 is 27.3 Å². The molecule has 0 radical (unpaired) electrons. The number of thiophene rings is 1. The van der Waals surface area contributed by atoms with Gasteiger partial charge in [0.2, 0.25) is 0 Å². The monoisotopic (exact) mass is 445 g/mol. The summed E-state index contributed by atoms with van der Waals surface area (Å²) in [5.74, 6) is 0.869. The van der Waals surface area contributed by atoms with Gasteiger partial charge in [0.1, 0.15) is 22.9 Å². The predicted octanol–water partition coefficient (Wildman–Crippen LogP) is 4.21. The maximum absolute atomic E-state index is 12.7. The second-order valence-electron chi connectivity index (χ2n) is 7.44. The van der Waals surface area contributed by atoms with Crippen LogP contribution in [0.2, 0.25) is 0 Å². The van der Waals surface area contributed by atoms with Crippen LogP contribution in [-0.4, -0.2) is 39.7 Å². The zero-order valence-corrected chi connectivity index (χ0v) is 17.4. The Morgan fingerprint density at radius 2 is 1.89 bits per heavy atom. The minimum atomic E-state index is -0.0451. The lowest BCUT2D eigenvalue weighted by atomic mass is 10.0. The number of rotatable bonds is 3. The zero-order valence-electron chi connectivity index (χ0n) is 15.0. The van der Waals surface area contributed by atoms with E-state index in [9.17, 15) is 4.79 Å². The highest BCUT2D eigenvalue weighted by atomic mass is 79.9. The second kappa shape index (κ2) is 6.72. The molecule has 0 aliphatic carbocycles. The van der Waals surface area contributed by atoms with E-state index < -0.39 is 0 Å². The highest BCUT2D eigenvalue weighted by molar-refractivity contribution is 9.11. The third-order valence-corrected chi connectivity index (χ3v) is 7.50. The lowest BCUT2D eigenvalue weighted by molar-refractivity contribution is 0.0662. The number of benzene rings is 1. The summed E-state index contributed by atoms with van der Waals surface area (Å²) in [4.78, 5) is 19.6. The molecule has 2 aliphatic rings. The van der Waals surface area contributed by atoms with E-state index in [1.807, 2.05) is 30.3 Å². The molecule has 5 rings (SSSR count). The first-order valence-corrected chi connectivity index (χ1v) is 10.8. The molecule has 2 aliphatic heterocycles. The number of nitrogens with zero attached hydrogens (tertiary/aromatic N) is 3. The van der Waals surface area contributed by atoms with Gasteiger partial charge in [-0.2, -0.15) is 0 Å². The van der Waals surface area contributed by atoms with Gasteiger partial charge in [-0.25, -0.2) is 4.98 Å². The topological polar surface area (TPSA) is 47.4 Å². The van der Waals surface area contributed by atoms with Crippen molar-refractivity contribution < 1.29 is 4.74 Å². The normalized spacial score (nSPS) is 25.2. The van der Waals surface area contributed by atoms with Crippen molar-refractivity contribution in [2.24, 2.45) is 0 Å². The van der Waals surface area contributed by atoms with Gasteiger partial charge < -0.3 is 9.64 Å². The summed E-state index contributed by atoms with van der Waals surface area (Å²) in [6.07, 6.45) is 6.65. The van der Waals surface area contributed by atoms with Crippen LogP contribution in [0.4, 0.5) is 0 Å². The van der Waals surface area contributed by atoms with E-state index >= 15 is 0 Å². The van der Waals surface area contributed by atoms with Gasteiger partial charge in [-0.05, 0) is 79.0 Å². The van der Waals surface area contributed by atoms with Crippen molar-refractivity contribution >= 4 is 37.5 Å². The summed E-state index contributed by atoms with van der Waals surface area (Å²) < 4.78 is 9.40. The molecule has 0 N–H and O–H groups in total. The summed E-state index contributed by atoms with van der Waals surface area (Å²) in [5, 5.41) is 0. The second-order valence-corrected chi connectivity index (χ2v) is 9.87. The number of hydrogen-bond donors (Lipinski definition) is 0. The first kappa shape index (κ1) is 17.4. The minimum Gasteiger partial charge on any atom is -0.490 e. The van der Waals surface area contributed by atoms with Gasteiger partial charge in [-0.3, -0.25) is 9.36 Å². The minimum absolute atomic E-state index is 0.0451. The van der Waals surface area contributed by atoms with Crippen molar-refractivity contribution in [2.75, 3.05) is 7.05 Å². The van der Waals surface area contributed by atoms with Crippen molar-refractivity contribution in [3.05, 3.63) is 50.8 Å². The SMILES string of the molecule is CN1C2CCC1CC(Oc1ccc(-n3cnc4cc(Br)sc4c3=O)cc1)C2. The average molecular weight is 446 g/mol. The first-order chi connectivity index (χ1) is 13.1. The predicted molar refractivity (Wildman–Crippen MR) is 111 cm³/mol. The molecule has 0 spiro atoms. The number of halogens is 1. The average Bonchev–Trinajstić information content (AvgIpc) is 3.12. The van der Waals surface area contributed by atoms with E-state index in [4.69, 9.17) is 4.74 Å². The Bertz CT molecular complexity index is 1030. The van der Waals surface area contributed by atoms with Crippen molar-refractivity contribution in [3.63, 3.8) is 0 Å². The third-order valence-electron chi connectivity index (χ3n) is 5.88. The van der Waals surface area contributed by atoms with Crippen LogP contribution < -0.4 is 10.3 Å². The van der Waals surface area contributed by atoms with Crippen LogP contribution in [0.3, 0.4) is 0 Å². The molecule has 7 heteroatoms. The van der Waals surface area contributed by atoms with Crippen LogP contribution in [0.25, 0.3) is 15.9 Å². The van der Waals surface area contributed by atoms with Crippen LogP contribution in [0.1, 0.15) is 25.7 Å². The fourth-order valence-electron chi connectivity index (χ4n) is 4.40. The van der Waals surface area contributed by atoms with E-state index in [-0.39, 0.29) is 11.7 Å². The summed E-state index contributed by atoms with van der Waals surface area (Å²) in [6.45, 7) is 0. The van der Waals surface area contributed by atoms with Crippen LogP contribution in [0, 0.1) is 0 Å². The van der Waals surface area contributed by atoms with Gasteiger partial charge in [0.25, 0.3) is 5.56 Å². The molecule has 0 amide bonds. The Labute approximate surface area is 169 Å². The Morgan fingerprint density at radius 3 is 2.59 bits per heavy atom. The van der Waals surface area contributed by atoms with Crippen LogP contribution in [-0.2, 0) is 0 Å². The van der Waals surface area contributed by atoms with Crippen molar-refractivity contribution in [1.82, 2.24) is 14.5 Å². The molecule has 2 fully saturated rings.